The van der Waals surface area contributed by atoms with E-state index in [1.165, 1.54) is 26.4 Å². The van der Waals surface area contributed by atoms with Crippen LogP contribution in [-0.4, -0.2) is 44.3 Å². The average Bonchev–Trinajstić information content (AvgIpc) is 2.61. The zero-order chi connectivity index (χ0) is 18.7. The maximum atomic E-state index is 12.1. The first-order chi connectivity index (χ1) is 11.9. The Balaban J connectivity index is 2.34. The summed E-state index contributed by atoms with van der Waals surface area (Å²) in [5.74, 6) is -0.630. The van der Waals surface area contributed by atoms with Gasteiger partial charge in [-0.1, -0.05) is 33.1 Å². The largest absolute Gasteiger partial charge is 0.466 e. The molecule has 2 amide bonds. The van der Waals surface area contributed by atoms with Gasteiger partial charge in [-0.25, -0.2) is 14.4 Å². The summed E-state index contributed by atoms with van der Waals surface area (Å²) in [6.07, 6.45) is 8.09. The highest BCUT2D eigenvalue weighted by Gasteiger charge is 2.19. The van der Waals surface area contributed by atoms with Gasteiger partial charge in [-0.05, 0) is 24.7 Å². The van der Waals surface area contributed by atoms with Crippen LogP contribution in [0.15, 0.2) is 12.2 Å². The number of ether oxygens (including phenoxy) is 2. The summed E-state index contributed by atoms with van der Waals surface area (Å²) in [5.41, 5.74) is 0. The van der Waals surface area contributed by atoms with Crippen LogP contribution in [0, 0.1) is 11.8 Å². The molecule has 1 saturated carbocycles. The van der Waals surface area contributed by atoms with Gasteiger partial charge in [0.1, 0.15) is 6.61 Å². The predicted octanol–water partition coefficient (Wildman–Crippen LogP) is 2.16. The van der Waals surface area contributed by atoms with E-state index in [9.17, 15) is 14.4 Å². The minimum absolute atomic E-state index is 0.0405. The Labute approximate surface area is 149 Å². The highest BCUT2D eigenvalue weighted by atomic mass is 16.5. The van der Waals surface area contributed by atoms with Crippen LogP contribution in [0.5, 0.6) is 0 Å². The fraction of sp³-hybridized carbons (Fsp3) is 0.722. The van der Waals surface area contributed by atoms with Crippen molar-refractivity contribution in [3.63, 3.8) is 0 Å². The van der Waals surface area contributed by atoms with Gasteiger partial charge in [-0.15, -0.1) is 0 Å². The molecule has 0 aromatic rings. The minimum atomic E-state index is -0.652. The van der Waals surface area contributed by atoms with Crippen molar-refractivity contribution in [1.82, 2.24) is 10.6 Å². The molecule has 1 atom stereocenters. The molecule has 0 aliphatic heterocycles. The molecule has 1 aliphatic carbocycles. The molecule has 0 radical (unpaired) electrons. The lowest BCUT2D eigenvalue weighted by molar-refractivity contribution is -0.140. The number of hydrogen-bond acceptors (Lipinski definition) is 5. The van der Waals surface area contributed by atoms with Crippen molar-refractivity contribution in [3.05, 3.63) is 12.2 Å². The van der Waals surface area contributed by atoms with E-state index in [1.54, 1.807) is 0 Å². The minimum Gasteiger partial charge on any atom is -0.466 e. The van der Waals surface area contributed by atoms with E-state index >= 15 is 0 Å². The highest BCUT2D eigenvalue weighted by molar-refractivity contribution is 5.91. The molecule has 1 rings (SSSR count). The summed E-state index contributed by atoms with van der Waals surface area (Å²) >= 11 is 0. The second-order valence-corrected chi connectivity index (χ2v) is 6.70. The van der Waals surface area contributed by atoms with Crippen molar-refractivity contribution in [2.45, 2.75) is 52.0 Å². The Morgan fingerprint density at radius 1 is 1.08 bits per heavy atom. The maximum Gasteiger partial charge on any atom is 0.331 e. The first-order valence-electron chi connectivity index (χ1n) is 8.89. The van der Waals surface area contributed by atoms with Crippen LogP contribution < -0.4 is 10.6 Å². The molecule has 0 aromatic heterocycles. The topological polar surface area (TPSA) is 93.7 Å². The number of hydrogen-bond donors (Lipinski definition) is 2. The number of urea groups is 1. The fourth-order valence-corrected chi connectivity index (χ4v) is 2.67. The van der Waals surface area contributed by atoms with E-state index in [4.69, 9.17) is 4.74 Å². The average molecular weight is 354 g/mol. The Morgan fingerprint density at radius 2 is 1.72 bits per heavy atom. The Morgan fingerprint density at radius 3 is 2.32 bits per heavy atom. The number of carbonyl (C=O) groups excluding carboxylic acids is 3. The molecule has 7 heteroatoms. The van der Waals surface area contributed by atoms with Crippen molar-refractivity contribution < 1.29 is 23.9 Å². The van der Waals surface area contributed by atoms with E-state index < -0.39 is 11.9 Å². The van der Waals surface area contributed by atoms with E-state index in [0.717, 1.165) is 25.0 Å². The van der Waals surface area contributed by atoms with Crippen molar-refractivity contribution in [1.29, 1.82) is 0 Å². The van der Waals surface area contributed by atoms with Gasteiger partial charge in [0.25, 0.3) is 0 Å². The van der Waals surface area contributed by atoms with Crippen LogP contribution in [0.1, 0.15) is 46.0 Å². The summed E-state index contributed by atoms with van der Waals surface area (Å²) in [4.78, 5) is 34.6. The molecule has 2 N–H and O–H groups in total. The van der Waals surface area contributed by atoms with E-state index in [2.05, 4.69) is 15.4 Å². The van der Waals surface area contributed by atoms with Gasteiger partial charge in [-0.2, -0.15) is 0 Å². The summed E-state index contributed by atoms with van der Waals surface area (Å²) < 4.78 is 9.47. The third kappa shape index (κ3) is 9.12. The van der Waals surface area contributed by atoms with Crippen LogP contribution in [-0.2, 0) is 19.1 Å². The molecule has 1 fully saturated rings. The highest BCUT2D eigenvalue weighted by Crippen LogP contribution is 2.22. The molecule has 0 aromatic carbocycles. The molecule has 0 saturated heterocycles. The van der Waals surface area contributed by atoms with Crippen molar-refractivity contribution in [2.75, 3.05) is 20.3 Å². The van der Waals surface area contributed by atoms with E-state index in [0.29, 0.717) is 12.5 Å². The number of esters is 2. The molecule has 25 heavy (non-hydrogen) atoms. The lowest BCUT2D eigenvalue weighted by Gasteiger charge is -2.24. The van der Waals surface area contributed by atoms with E-state index in [1.807, 2.05) is 13.8 Å². The standard InChI is InChI=1S/C18H30N2O5/c1-13(2)15(12-25-17(22)10-9-16(21)24-3)20-18(23)19-11-14-7-5-4-6-8-14/h9-10,13-15H,4-8,11-12H2,1-3H3,(H2,19,20,23)/b10-9+/t15-/m1/s1. The summed E-state index contributed by atoms with van der Waals surface area (Å²) in [6, 6.07) is -0.549. The summed E-state index contributed by atoms with van der Waals surface area (Å²) in [6.45, 7) is 4.59. The van der Waals surface area contributed by atoms with Gasteiger partial charge < -0.3 is 20.1 Å². The normalized spacial score (nSPS) is 16.5. The summed E-state index contributed by atoms with van der Waals surface area (Å²) in [7, 11) is 1.22. The summed E-state index contributed by atoms with van der Waals surface area (Å²) in [5, 5.41) is 5.75. The van der Waals surface area contributed by atoms with Gasteiger partial charge in [-0.3, -0.25) is 0 Å². The van der Waals surface area contributed by atoms with Crippen LogP contribution >= 0.6 is 0 Å². The fourth-order valence-electron chi connectivity index (χ4n) is 2.67. The van der Waals surface area contributed by atoms with Crippen LogP contribution in [0.4, 0.5) is 4.79 Å². The smallest absolute Gasteiger partial charge is 0.331 e. The second kappa shape index (κ2) is 11.5. The molecule has 142 valence electrons. The van der Waals surface area contributed by atoms with Crippen molar-refractivity contribution in [2.24, 2.45) is 11.8 Å². The van der Waals surface area contributed by atoms with Crippen LogP contribution in [0.25, 0.3) is 0 Å². The molecule has 7 nitrogen and oxygen atoms in total. The lowest BCUT2D eigenvalue weighted by Crippen LogP contribution is -2.48. The monoisotopic (exact) mass is 354 g/mol. The second-order valence-electron chi connectivity index (χ2n) is 6.70. The third-order valence-electron chi connectivity index (χ3n) is 4.36. The van der Waals surface area contributed by atoms with Gasteiger partial charge in [0.05, 0.1) is 13.2 Å². The molecule has 0 spiro atoms. The molecular formula is C18H30N2O5. The van der Waals surface area contributed by atoms with Crippen LogP contribution in [0.2, 0.25) is 0 Å². The van der Waals surface area contributed by atoms with Gasteiger partial charge in [0.15, 0.2) is 0 Å². The Bertz CT molecular complexity index is 470. The van der Waals surface area contributed by atoms with Crippen LogP contribution in [0.3, 0.4) is 0 Å². The van der Waals surface area contributed by atoms with Gasteiger partial charge in [0, 0.05) is 18.7 Å². The van der Waals surface area contributed by atoms with Gasteiger partial charge in [0.2, 0.25) is 0 Å². The predicted molar refractivity (Wildman–Crippen MR) is 93.9 cm³/mol. The Kier molecular flexibility index (Phi) is 9.65. The lowest BCUT2D eigenvalue weighted by atomic mass is 9.89. The van der Waals surface area contributed by atoms with E-state index in [-0.39, 0.29) is 24.6 Å². The number of carbonyl (C=O) groups is 3. The first kappa shape index (κ1) is 21.0. The van der Waals surface area contributed by atoms with Gasteiger partial charge >= 0.3 is 18.0 Å². The zero-order valence-corrected chi connectivity index (χ0v) is 15.4. The molecular weight excluding hydrogens is 324 g/mol. The van der Waals surface area contributed by atoms with Crippen molar-refractivity contribution >= 4 is 18.0 Å². The first-order valence-corrected chi connectivity index (χ1v) is 8.89. The quantitative estimate of drug-likeness (QED) is 0.515. The third-order valence-corrected chi connectivity index (χ3v) is 4.36. The number of methoxy groups -OCH3 is 1. The SMILES string of the molecule is COC(=O)/C=C/C(=O)OC[C@@H](NC(=O)NCC1CCCCC1)C(C)C. The zero-order valence-electron chi connectivity index (χ0n) is 15.4. The number of rotatable bonds is 8. The number of nitrogens with one attached hydrogen (secondary N) is 2. The maximum absolute atomic E-state index is 12.1. The molecule has 0 unspecified atom stereocenters. The van der Waals surface area contributed by atoms with Crippen molar-refractivity contribution in [3.8, 4) is 0 Å². The molecule has 0 heterocycles. The molecule has 1 aliphatic rings. The molecule has 0 bridgehead atoms. The Hall–Kier alpha value is -2.05. The number of amides is 2.